The summed E-state index contributed by atoms with van der Waals surface area (Å²) in [6.45, 7) is 3.70. The number of benzene rings is 7. The lowest BCUT2D eigenvalue weighted by molar-refractivity contribution is -0.280. The molecule has 2 saturated heterocycles. The minimum absolute atomic E-state index is 0.135. The first-order valence-electron chi connectivity index (χ1n) is 26.5. The van der Waals surface area contributed by atoms with Crippen molar-refractivity contribution in [2.45, 2.75) is 121 Å². The quantitative estimate of drug-likeness (QED) is 0.0315. The van der Waals surface area contributed by atoms with E-state index in [4.69, 9.17) is 52.1 Å². The molecule has 7 aromatic rings. The molecule has 2 fully saturated rings. The molecule has 9 rings (SSSR count). The van der Waals surface area contributed by atoms with Crippen LogP contribution in [0.2, 0.25) is 0 Å². The molecule has 0 bridgehead atoms. The highest BCUT2D eigenvalue weighted by Crippen LogP contribution is 2.37. The SMILES string of the molecule is COc1ccc(CO[C@H](C[C@@H]2O[C@H](COCc3ccccc3)[C@@H](OCc3ccccc3)[C@H](OCc3ccccc3)[C@H]2OCc2ccccc2)[C@@H](OC(C)=O)[C@@H](OCc2ccccc2)[C@H](OCc2ccccc2)[C@@H]2CO2)cc1. The maximum atomic E-state index is 13.7. The summed E-state index contributed by atoms with van der Waals surface area (Å²) in [7, 11) is 1.63. The zero-order valence-corrected chi connectivity index (χ0v) is 43.9. The van der Waals surface area contributed by atoms with E-state index in [-0.39, 0.29) is 58.8 Å². The summed E-state index contributed by atoms with van der Waals surface area (Å²) in [5.41, 5.74) is 6.72. The molecule has 10 atom stereocenters. The first-order chi connectivity index (χ1) is 38.0. The van der Waals surface area contributed by atoms with Gasteiger partial charge in [0.05, 0.1) is 72.7 Å². The fourth-order valence-corrected chi connectivity index (χ4v) is 9.64. The molecule has 0 spiro atoms. The van der Waals surface area contributed by atoms with E-state index in [0.717, 1.165) is 38.9 Å². The van der Waals surface area contributed by atoms with E-state index in [9.17, 15) is 4.79 Å². The van der Waals surface area contributed by atoms with Crippen LogP contribution in [0.15, 0.2) is 206 Å². The molecule has 0 aromatic heterocycles. The van der Waals surface area contributed by atoms with Gasteiger partial charge in [-0.3, -0.25) is 4.79 Å². The minimum Gasteiger partial charge on any atom is -0.497 e. The van der Waals surface area contributed by atoms with Gasteiger partial charge >= 0.3 is 5.97 Å². The van der Waals surface area contributed by atoms with Gasteiger partial charge in [-0.1, -0.05) is 194 Å². The van der Waals surface area contributed by atoms with Gasteiger partial charge in [-0.2, -0.15) is 0 Å². The highest BCUT2D eigenvalue weighted by Gasteiger charge is 2.52. The normalized spacial score (nSPS) is 20.6. The molecule has 0 saturated carbocycles. The Morgan fingerprint density at radius 1 is 0.468 bits per heavy atom. The summed E-state index contributed by atoms with van der Waals surface area (Å²) in [6, 6.07) is 67.7. The van der Waals surface area contributed by atoms with Crippen LogP contribution in [0.25, 0.3) is 0 Å². The van der Waals surface area contributed by atoms with Crippen LogP contribution < -0.4 is 4.74 Å². The van der Waals surface area contributed by atoms with E-state index >= 15 is 0 Å². The molecule has 12 heteroatoms. The Balaban J connectivity index is 1.13. The second-order valence-corrected chi connectivity index (χ2v) is 19.4. The number of hydrogen-bond acceptors (Lipinski definition) is 12. The van der Waals surface area contributed by atoms with Gasteiger partial charge in [0.1, 0.15) is 54.6 Å². The zero-order valence-electron chi connectivity index (χ0n) is 43.9. The number of hydrogen-bond donors (Lipinski definition) is 0. The van der Waals surface area contributed by atoms with E-state index in [1.54, 1.807) is 7.11 Å². The third-order valence-electron chi connectivity index (χ3n) is 13.7. The number of epoxide rings is 1. The van der Waals surface area contributed by atoms with Crippen LogP contribution in [0.4, 0.5) is 0 Å². The van der Waals surface area contributed by atoms with Gasteiger partial charge in [0.25, 0.3) is 0 Å². The van der Waals surface area contributed by atoms with E-state index in [2.05, 4.69) is 0 Å². The van der Waals surface area contributed by atoms with Crippen molar-refractivity contribution in [2.24, 2.45) is 0 Å². The fourth-order valence-electron chi connectivity index (χ4n) is 9.64. The highest BCUT2D eigenvalue weighted by atomic mass is 16.6. The first-order valence-corrected chi connectivity index (χ1v) is 26.5. The molecular formula is C65H70O12. The molecule has 0 radical (unpaired) electrons. The van der Waals surface area contributed by atoms with Crippen molar-refractivity contribution >= 4 is 5.97 Å². The monoisotopic (exact) mass is 1040 g/mol. The van der Waals surface area contributed by atoms with Crippen LogP contribution in [0.1, 0.15) is 52.3 Å². The van der Waals surface area contributed by atoms with E-state index in [1.165, 1.54) is 6.92 Å². The smallest absolute Gasteiger partial charge is 0.303 e. The molecular weight excluding hydrogens is 973 g/mol. The Morgan fingerprint density at radius 3 is 1.32 bits per heavy atom. The van der Waals surface area contributed by atoms with Gasteiger partial charge in [-0.25, -0.2) is 0 Å². The maximum Gasteiger partial charge on any atom is 0.303 e. The predicted molar refractivity (Wildman–Crippen MR) is 291 cm³/mol. The molecule has 12 nitrogen and oxygen atoms in total. The van der Waals surface area contributed by atoms with Crippen LogP contribution in [-0.2, 0) is 98.4 Å². The number of carbonyl (C=O) groups excluding carboxylic acids is 1. The van der Waals surface area contributed by atoms with Crippen molar-refractivity contribution in [1.29, 1.82) is 0 Å². The lowest BCUT2D eigenvalue weighted by Gasteiger charge is -2.47. The highest BCUT2D eigenvalue weighted by molar-refractivity contribution is 5.66. The molecule has 0 unspecified atom stereocenters. The fraction of sp³-hybridized carbons (Fsp3) is 0.338. The number of esters is 1. The van der Waals surface area contributed by atoms with Gasteiger partial charge in [-0.05, 0) is 51.1 Å². The molecule has 2 aliphatic rings. The molecule has 0 amide bonds. The van der Waals surface area contributed by atoms with Gasteiger partial charge < -0.3 is 52.1 Å². The average molecular weight is 1040 g/mol. The summed E-state index contributed by atoms with van der Waals surface area (Å²) >= 11 is 0. The van der Waals surface area contributed by atoms with Crippen LogP contribution in [0, 0.1) is 0 Å². The second kappa shape index (κ2) is 29.3. The second-order valence-electron chi connectivity index (χ2n) is 19.4. The van der Waals surface area contributed by atoms with E-state index in [0.29, 0.717) is 19.0 Å². The van der Waals surface area contributed by atoms with Gasteiger partial charge in [0.2, 0.25) is 0 Å². The van der Waals surface area contributed by atoms with Crippen molar-refractivity contribution < 1.29 is 56.9 Å². The summed E-state index contributed by atoms with van der Waals surface area (Å²) in [4.78, 5) is 13.7. The zero-order chi connectivity index (χ0) is 52.9. The molecule has 0 N–H and O–H groups in total. The summed E-state index contributed by atoms with van der Waals surface area (Å²) in [5.74, 6) is 0.187. The Labute approximate surface area is 453 Å². The lowest BCUT2D eigenvalue weighted by atomic mass is 9.88. The molecule has 2 aliphatic heterocycles. The van der Waals surface area contributed by atoms with Crippen LogP contribution in [0.5, 0.6) is 5.75 Å². The van der Waals surface area contributed by atoms with Gasteiger partial charge in [0.15, 0.2) is 6.10 Å². The number of rotatable bonds is 30. The van der Waals surface area contributed by atoms with Gasteiger partial charge in [0, 0.05) is 13.3 Å². The first kappa shape index (κ1) is 55.2. The lowest BCUT2D eigenvalue weighted by Crippen LogP contribution is -2.62. The molecule has 2 heterocycles. The number of carbonyl (C=O) groups is 1. The van der Waals surface area contributed by atoms with Gasteiger partial charge in [-0.15, -0.1) is 0 Å². The van der Waals surface area contributed by atoms with Crippen LogP contribution in [-0.4, -0.2) is 87.3 Å². The largest absolute Gasteiger partial charge is 0.497 e. The van der Waals surface area contributed by atoms with Crippen molar-refractivity contribution in [3.05, 3.63) is 245 Å². The summed E-state index contributed by atoms with van der Waals surface area (Å²) < 4.78 is 74.5. The Morgan fingerprint density at radius 2 is 0.870 bits per heavy atom. The topological polar surface area (TPSA) is 122 Å². The summed E-state index contributed by atoms with van der Waals surface area (Å²) in [5, 5.41) is 0. The van der Waals surface area contributed by atoms with Crippen molar-refractivity contribution in [3.8, 4) is 5.75 Å². The standard InChI is InChI=1S/C65H70O12/c1-47(66)76-63(65(75-44-53-31-19-8-20-32-53)61(58-46-70-58)72-41-50-25-13-5-14-26-50)56(69-39-54-33-35-55(67-2)36-34-54)37-57-60(71-40-49-23-11-4-12-24-49)64(74-43-52-29-17-7-18-30-52)62(73-42-51-27-15-6-16-28-51)59(77-57)45-68-38-48-21-9-3-10-22-48/h3-36,56-65H,37-46H2,1-2H3/t56-,57+,58+,59-,60+,61-,62-,63-,64-,65+/m1/s1. The van der Waals surface area contributed by atoms with Crippen molar-refractivity contribution in [1.82, 2.24) is 0 Å². The third-order valence-corrected chi connectivity index (χ3v) is 13.7. The van der Waals surface area contributed by atoms with Crippen molar-refractivity contribution in [2.75, 3.05) is 20.3 Å². The van der Waals surface area contributed by atoms with E-state index in [1.807, 2.05) is 206 Å². The van der Waals surface area contributed by atoms with Crippen molar-refractivity contribution in [3.63, 3.8) is 0 Å². The third kappa shape index (κ3) is 17.0. The predicted octanol–water partition coefficient (Wildman–Crippen LogP) is 11.2. The van der Waals surface area contributed by atoms with Crippen LogP contribution in [0.3, 0.4) is 0 Å². The Kier molecular flexibility index (Phi) is 21.0. The minimum atomic E-state index is -1.07. The number of ether oxygens (including phenoxy) is 11. The maximum absolute atomic E-state index is 13.7. The van der Waals surface area contributed by atoms with E-state index < -0.39 is 60.9 Å². The summed E-state index contributed by atoms with van der Waals surface area (Å²) in [6.07, 6.45) is -7.38. The molecule has 77 heavy (non-hydrogen) atoms. The Bertz CT molecular complexity index is 2730. The van der Waals surface area contributed by atoms with Crippen LogP contribution >= 0.6 is 0 Å². The Hall–Kier alpha value is -6.55. The molecule has 0 aliphatic carbocycles. The molecule has 7 aromatic carbocycles. The average Bonchev–Trinajstić information content (AvgIpc) is 4.34. The molecule has 402 valence electrons. The number of methoxy groups -OCH3 is 1.